The third kappa shape index (κ3) is 3.47. The molecule has 1 aromatic carbocycles. The first kappa shape index (κ1) is 14.8. The second-order valence-electron chi connectivity index (χ2n) is 4.64. The van der Waals surface area contributed by atoms with Gasteiger partial charge in [-0.1, -0.05) is 19.1 Å². The lowest BCUT2D eigenvalue weighted by atomic mass is 10.1. The summed E-state index contributed by atoms with van der Waals surface area (Å²) in [7, 11) is 0. The van der Waals surface area contributed by atoms with Crippen LogP contribution in [-0.4, -0.2) is 15.9 Å². The van der Waals surface area contributed by atoms with Gasteiger partial charge in [0.25, 0.3) is 5.91 Å². The molecule has 6 nitrogen and oxygen atoms in total. The molecule has 6 heteroatoms. The van der Waals surface area contributed by atoms with Crippen LogP contribution in [0.4, 0.5) is 5.95 Å². The zero-order valence-electron chi connectivity index (χ0n) is 12.1. The molecular formula is C15H18N4O2. The summed E-state index contributed by atoms with van der Waals surface area (Å²) in [5.74, 6) is 0.197. The Balaban J connectivity index is 2.20. The molecule has 110 valence electrons. The minimum atomic E-state index is -0.590. The Morgan fingerprint density at radius 3 is 2.48 bits per heavy atom. The molecule has 0 aliphatic rings. The number of primary amides is 1. The lowest BCUT2D eigenvalue weighted by Gasteiger charge is -2.11. The maximum absolute atomic E-state index is 11.5. The molecule has 0 aliphatic heterocycles. The van der Waals surface area contributed by atoms with Crippen molar-refractivity contribution >= 4 is 11.9 Å². The minimum absolute atomic E-state index is 0.0948. The molecule has 2 rings (SSSR count). The van der Waals surface area contributed by atoms with Crippen molar-refractivity contribution in [2.75, 3.05) is 5.73 Å². The fourth-order valence-electron chi connectivity index (χ4n) is 2.05. The molecule has 1 aromatic heterocycles. The third-order valence-corrected chi connectivity index (χ3v) is 3.14. The predicted octanol–water partition coefficient (Wildman–Crippen LogP) is 1.61. The van der Waals surface area contributed by atoms with Gasteiger partial charge in [-0.05, 0) is 31.0 Å². The molecule has 4 N–H and O–H groups in total. The monoisotopic (exact) mass is 286 g/mol. The molecule has 0 radical (unpaired) electrons. The molecule has 1 heterocycles. The number of amides is 1. The normalized spacial score (nSPS) is 10.4. The van der Waals surface area contributed by atoms with E-state index < -0.39 is 5.91 Å². The molecule has 0 aliphatic carbocycles. The number of aromatic nitrogens is 2. The summed E-state index contributed by atoms with van der Waals surface area (Å²) in [6, 6.07) is 7.73. The van der Waals surface area contributed by atoms with Gasteiger partial charge in [0.1, 0.15) is 12.4 Å². The Kier molecular flexibility index (Phi) is 4.37. The van der Waals surface area contributed by atoms with E-state index in [1.165, 1.54) is 5.56 Å². The largest absolute Gasteiger partial charge is 0.487 e. The van der Waals surface area contributed by atoms with Gasteiger partial charge in [-0.2, -0.15) is 0 Å². The van der Waals surface area contributed by atoms with Gasteiger partial charge >= 0.3 is 0 Å². The van der Waals surface area contributed by atoms with Crippen LogP contribution in [0.3, 0.4) is 0 Å². The second kappa shape index (κ2) is 6.21. The zero-order chi connectivity index (χ0) is 15.4. The van der Waals surface area contributed by atoms with Crippen LogP contribution in [0.25, 0.3) is 0 Å². The molecule has 2 aromatic rings. The Morgan fingerprint density at radius 1 is 1.24 bits per heavy atom. The number of ether oxygens (including phenoxy) is 1. The van der Waals surface area contributed by atoms with Gasteiger partial charge in [0.2, 0.25) is 5.95 Å². The maximum Gasteiger partial charge on any atom is 0.252 e. The van der Waals surface area contributed by atoms with Gasteiger partial charge in [0.15, 0.2) is 0 Å². The smallest absolute Gasteiger partial charge is 0.252 e. The topological polar surface area (TPSA) is 104 Å². The van der Waals surface area contributed by atoms with Crippen LogP contribution in [0.15, 0.2) is 24.3 Å². The van der Waals surface area contributed by atoms with Crippen LogP contribution in [0.2, 0.25) is 0 Å². The highest BCUT2D eigenvalue weighted by Gasteiger charge is 2.16. The van der Waals surface area contributed by atoms with Gasteiger partial charge in [0.05, 0.1) is 17.0 Å². The summed E-state index contributed by atoms with van der Waals surface area (Å²) in [5, 5.41) is 0. The van der Waals surface area contributed by atoms with Gasteiger partial charge in [-0.3, -0.25) is 4.79 Å². The van der Waals surface area contributed by atoms with Crippen LogP contribution in [0.1, 0.15) is 34.2 Å². The van der Waals surface area contributed by atoms with E-state index in [0.717, 1.165) is 6.42 Å². The number of rotatable bonds is 5. The van der Waals surface area contributed by atoms with Gasteiger partial charge in [0, 0.05) is 0 Å². The van der Waals surface area contributed by atoms with Gasteiger partial charge in [-0.15, -0.1) is 0 Å². The highest BCUT2D eigenvalue weighted by Crippen LogP contribution is 2.17. The molecule has 0 atom stereocenters. The third-order valence-electron chi connectivity index (χ3n) is 3.14. The van der Waals surface area contributed by atoms with E-state index in [-0.39, 0.29) is 18.1 Å². The van der Waals surface area contributed by atoms with Crippen molar-refractivity contribution in [3.8, 4) is 5.75 Å². The average Bonchev–Trinajstić information content (AvgIpc) is 2.44. The van der Waals surface area contributed by atoms with Crippen molar-refractivity contribution < 1.29 is 9.53 Å². The lowest BCUT2D eigenvalue weighted by Crippen LogP contribution is -2.20. The summed E-state index contributed by atoms with van der Waals surface area (Å²) in [4.78, 5) is 19.5. The van der Waals surface area contributed by atoms with E-state index in [1.54, 1.807) is 6.92 Å². The minimum Gasteiger partial charge on any atom is -0.487 e. The SMILES string of the molecule is CCc1ccc(OCc2nc(N)nc(C)c2C(N)=O)cc1. The molecule has 0 bridgehead atoms. The lowest BCUT2D eigenvalue weighted by molar-refractivity contribution is 0.0996. The van der Waals surface area contributed by atoms with E-state index in [2.05, 4.69) is 16.9 Å². The van der Waals surface area contributed by atoms with Gasteiger partial charge in [-0.25, -0.2) is 9.97 Å². The highest BCUT2D eigenvalue weighted by atomic mass is 16.5. The number of carbonyl (C=O) groups excluding carboxylic acids is 1. The Bertz CT molecular complexity index is 653. The number of hydrogen-bond acceptors (Lipinski definition) is 5. The molecule has 1 amide bonds. The number of nitrogens with two attached hydrogens (primary N) is 2. The Hall–Kier alpha value is -2.63. The standard InChI is InChI=1S/C15H18N4O2/c1-3-10-4-6-11(7-5-10)21-8-12-13(14(16)20)9(2)18-15(17)19-12/h4-7H,3,8H2,1-2H3,(H2,16,20)(H2,17,18,19). The second-order valence-corrected chi connectivity index (χ2v) is 4.64. The molecule has 0 fully saturated rings. The summed E-state index contributed by atoms with van der Waals surface area (Å²) in [6.07, 6.45) is 0.966. The molecular weight excluding hydrogens is 268 g/mol. The van der Waals surface area contributed by atoms with E-state index in [9.17, 15) is 4.79 Å². The summed E-state index contributed by atoms with van der Waals surface area (Å²) >= 11 is 0. The number of carbonyl (C=O) groups is 1. The Morgan fingerprint density at radius 2 is 1.90 bits per heavy atom. The fraction of sp³-hybridized carbons (Fsp3) is 0.267. The van der Waals surface area contributed by atoms with Crippen molar-refractivity contribution in [3.05, 3.63) is 46.8 Å². The van der Waals surface area contributed by atoms with Gasteiger partial charge < -0.3 is 16.2 Å². The number of hydrogen-bond donors (Lipinski definition) is 2. The molecule has 21 heavy (non-hydrogen) atoms. The molecule has 0 unspecified atom stereocenters. The number of nitrogen functional groups attached to an aromatic ring is 1. The van der Waals surface area contributed by atoms with Crippen LogP contribution < -0.4 is 16.2 Å². The number of benzene rings is 1. The summed E-state index contributed by atoms with van der Waals surface area (Å²) in [6.45, 7) is 3.86. The van der Waals surface area contributed by atoms with E-state index >= 15 is 0 Å². The maximum atomic E-state index is 11.5. The van der Waals surface area contributed by atoms with Crippen molar-refractivity contribution in [2.45, 2.75) is 26.9 Å². The van der Waals surface area contributed by atoms with Crippen molar-refractivity contribution in [2.24, 2.45) is 5.73 Å². The van der Waals surface area contributed by atoms with E-state index in [0.29, 0.717) is 17.1 Å². The number of aryl methyl sites for hydroxylation is 2. The van der Waals surface area contributed by atoms with E-state index in [4.69, 9.17) is 16.2 Å². The Labute approximate surface area is 123 Å². The zero-order valence-corrected chi connectivity index (χ0v) is 12.1. The molecule has 0 saturated heterocycles. The quantitative estimate of drug-likeness (QED) is 0.868. The average molecular weight is 286 g/mol. The number of anilines is 1. The number of nitrogens with zero attached hydrogens (tertiary/aromatic N) is 2. The van der Waals surface area contributed by atoms with Crippen molar-refractivity contribution in [1.29, 1.82) is 0 Å². The molecule has 0 spiro atoms. The van der Waals surface area contributed by atoms with E-state index in [1.807, 2.05) is 24.3 Å². The van der Waals surface area contributed by atoms with Crippen LogP contribution in [-0.2, 0) is 13.0 Å². The molecule has 0 saturated carbocycles. The van der Waals surface area contributed by atoms with Crippen molar-refractivity contribution in [1.82, 2.24) is 9.97 Å². The van der Waals surface area contributed by atoms with Crippen LogP contribution in [0.5, 0.6) is 5.75 Å². The highest BCUT2D eigenvalue weighted by molar-refractivity contribution is 5.95. The van der Waals surface area contributed by atoms with Crippen LogP contribution in [0, 0.1) is 6.92 Å². The summed E-state index contributed by atoms with van der Waals surface area (Å²) in [5.41, 5.74) is 13.3. The first-order valence-electron chi connectivity index (χ1n) is 6.65. The predicted molar refractivity (Wildman–Crippen MR) is 79.9 cm³/mol. The van der Waals surface area contributed by atoms with Crippen LogP contribution >= 0.6 is 0 Å². The first-order chi connectivity index (χ1) is 10.0. The first-order valence-corrected chi connectivity index (χ1v) is 6.65. The fourth-order valence-corrected chi connectivity index (χ4v) is 2.05. The summed E-state index contributed by atoms with van der Waals surface area (Å²) < 4.78 is 5.64. The van der Waals surface area contributed by atoms with Crippen molar-refractivity contribution in [3.63, 3.8) is 0 Å².